The third kappa shape index (κ3) is 3.45. The van der Waals surface area contributed by atoms with Gasteiger partial charge in [0.2, 0.25) is 0 Å². The minimum absolute atomic E-state index is 0.234. The van der Waals surface area contributed by atoms with E-state index in [0.717, 1.165) is 12.4 Å². The predicted octanol–water partition coefficient (Wildman–Crippen LogP) is 1.68. The van der Waals surface area contributed by atoms with Crippen LogP contribution in [0.4, 0.5) is 11.6 Å². The third-order valence-corrected chi connectivity index (χ3v) is 2.65. The Morgan fingerprint density at radius 2 is 2.32 bits per heavy atom. The number of nitrogens with one attached hydrogen (secondary N) is 2. The van der Waals surface area contributed by atoms with Crippen LogP contribution in [-0.4, -0.2) is 28.5 Å². The molecule has 0 radical (unpaired) electrons. The van der Waals surface area contributed by atoms with Crippen LogP contribution in [0.3, 0.4) is 0 Å². The van der Waals surface area contributed by atoms with Gasteiger partial charge in [-0.1, -0.05) is 0 Å². The molecule has 0 saturated heterocycles. The van der Waals surface area contributed by atoms with Crippen LogP contribution in [0.5, 0.6) is 0 Å². The fourth-order valence-corrected chi connectivity index (χ4v) is 1.78. The smallest absolute Gasteiger partial charge is 0.134 e. The SMILES string of the molecule is Cc1nc(NCC#N)cc(N(C)Cc2cc[nH]c2)n1. The molecule has 6 nitrogen and oxygen atoms in total. The lowest BCUT2D eigenvalue weighted by Gasteiger charge is -2.18. The summed E-state index contributed by atoms with van der Waals surface area (Å²) in [5.41, 5.74) is 1.19. The van der Waals surface area contributed by atoms with Crippen molar-refractivity contribution >= 4 is 11.6 Å². The molecule has 2 aromatic rings. The number of anilines is 2. The zero-order chi connectivity index (χ0) is 13.7. The molecule has 0 aliphatic rings. The lowest BCUT2D eigenvalue weighted by atomic mass is 10.3. The molecule has 0 aliphatic carbocycles. The van der Waals surface area contributed by atoms with Crippen LogP contribution in [0.2, 0.25) is 0 Å². The number of rotatable bonds is 5. The Bertz CT molecular complexity index is 569. The Hall–Kier alpha value is -2.55. The van der Waals surface area contributed by atoms with Gasteiger partial charge in [0.25, 0.3) is 0 Å². The fraction of sp³-hybridized carbons (Fsp3) is 0.308. The van der Waals surface area contributed by atoms with Crippen molar-refractivity contribution in [2.24, 2.45) is 0 Å². The highest BCUT2D eigenvalue weighted by atomic mass is 15.2. The van der Waals surface area contributed by atoms with Crippen molar-refractivity contribution in [3.05, 3.63) is 35.9 Å². The van der Waals surface area contributed by atoms with Crippen LogP contribution in [0.1, 0.15) is 11.4 Å². The molecular formula is C13H16N6. The number of H-pyrrole nitrogens is 1. The molecule has 0 bridgehead atoms. The molecule has 0 atom stereocenters. The van der Waals surface area contributed by atoms with Gasteiger partial charge in [-0.3, -0.25) is 0 Å². The highest BCUT2D eigenvalue weighted by Crippen LogP contribution is 2.16. The number of aryl methyl sites for hydroxylation is 1. The number of aromatic amines is 1. The van der Waals surface area contributed by atoms with Gasteiger partial charge in [-0.2, -0.15) is 5.26 Å². The van der Waals surface area contributed by atoms with E-state index < -0.39 is 0 Å². The van der Waals surface area contributed by atoms with Crippen molar-refractivity contribution in [2.75, 3.05) is 23.8 Å². The van der Waals surface area contributed by atoms with Crippen molar-refractivity contribution < 1.29 is 0 Å². The van der Waals surface area contributed by atoms with Gasteiger partial charge in [0.1, 0.15) is 24.0 Å². The fourth-order valence-electron chi connectivity index (χ4n) is 1.78. The molecule has 6 heteroatoms. The quantitative estimate of drug-likeness (QED) is 0.796. The van der Waals surface area contributed by atoms with Crippen LogP contribution in [0.15, 0.2) is 24.5 Å². The zero-order valence-corrected chi connectivity index (χ0v) is 11.0. The molecule has 0 spiro atoms. The van der Waals surface area contributed by atoms with E-state index >= 15 is 0 Å². The molecule has 19 heavy (non-hydrogen) atoms. The normalized spacial score (nSPS) is 9.95. The molecule has 0 amide bonds. The Kier molecular flexibility index (Phi) is 3.98. The molecule has 0 aliphatic heterocycles. The molecule has 2 rings (SSSR count). The minimum Gasteiger partial charge on any atom is -0.367 e. The first-order valence-electron chi connectivity index (χ1n) is 5.98. The molecule has 0 saturated carbocycles. The maximum absolute atomic E-state index is 8.58. The Morgan fingerprint density at radius 3 is 3.00 bits per heavy atom. The molecule has 2 aromatic heterocycles. The number of hydrogen-bond donors (Lipinski definition) is 2. The summed E-state index contributed by atoms with van der Waals surface area (Å²) >= 11 is 0. The van der Waals surface area contributed by atoms with Crippen molar-refractivity contribution in [3.8, 4) is 6.07 Å². The van der Waals surface area contributed by atoms with Crippen LogP contribution >= 0.6 is 0 Å². The van der Waals surface area contributed by atoms with Gasteiger partial charge < -0.3 is 15.2 Å². The Labute approximate surface area is 112 Å². The standard InChI is InChI=1S/C13H16N6/c1-10-17-12(16-6-4-14)7-13(18-10)19(2)9-11-3-5-15-8-11/h3,5,7-8,15H,6,9H2,1-2H3,(H,16,17,18). The average molecular weight is 256 g/mol. The molecule has 0 aromatic carbocycles. The number of aromatic nitrogens is 3. The largest absolute Gasteiger partial charge is 0.367 e. The van der Waals surface area contributed by atoms with Gasteiger partial charge in [-0.25, -0.2) is 9.97 Å². The van der Waals surface area contributed by atoms with Crippen molar-refractivity contribution in [1.29, 1.82) is 5.26 Å². The van der Waals surface area contributed by atoms with Gasteiger partial charge in [-0.15, -0.1) is 0 Å². The summed E-state index contributed by atoms with van der Waals surface area (Å²) in [7, 11) is 1.98. The van der Waals surface area contributed by atoms with Crippen LogP contribution in [0, 0.1) is 18.3 Å². The van der Waals surface area contributed by atoms with E-state index in [1.165, 1.54) is 5.56 Å². The van der Waals surface area contributed by atoms with E-state index in [-0.39, 0.29) is 6.54 Å². The second kappa shape index (κ2) is 5.87. The van der Waals surface area contributed by atoms with E-state index in [2.05, 4.69) is 20.3 Å². The number of nitriles is 1. The van der Waals surface area contributed by atoms with E-state index in [9.17, 15) is 0 Å². The van der Waals surface area contributed by atoms with Crippen molar-refractivity contribution in [3.63, 3.8) is 0 Å². The van der Waals surface area contributed by atoms with E-state index in [0.29, 0.717) is 11.6 Å². The molecule has 98 valence electrons. The van der Waals surface area contributed by atoms with Crippen LogP contribution in [-0.2, 0) is 6.54 Å². The highest BCUT2D eigenvalue weighted by molar-refractivity contribution is 5.49. The van der Waals surface area contributed by atoms with E-state index in [4.69, 9.17) is 5.26 Å². The molecule has 0 unspecified atom stereocenters. The maximum Gasteiger partial charge on any atom is 0.134 e. The Balaban J connectivity index is 2.14. The average Bonchev–Trinajstić information content (AvgIpc) is 2.88. The van der Waals surface area contributed by atoms with Crippen LogP contribution < -0.4 is 10.2 Å². The molecule has 2 N–H and O–H groups in total. The zero-order valence-electron chi connectivity index (χ0n) is 11.0. The summed E-state index contributed by atoms with van der Waals surface area (Å²) < 4.78 is 0. The summed E-state index contributed by atoms with van der Waals surface area (Å²) in [6.07, 6.45) is 3.85. The lowest BCUT2D eigenvalue weighted by molar-refractivity contribution is 0.880. The second-order valence-electron chi connectivity index (χ2n) is 4.25. The van der Waals surface area contributed by atoms with Gasteiger partial charge >= 0.3 is 0 Å². The first kappa shape index (κ1) is 12.9. The summed E-state index contributed by atoms with van der Waals surface area (Å²) in [4.78, 5) is 13.7. The van der Waals surface area contributed by atoms with Crippen LogP contribution in [0.25, 0.3) is 0 Å². The monoisotopic (exact) mass is 256 g/mol. The first-order valence-corrected chi connectivity index (χ1v) is 5.98. The summed E-state index contributed by atoms with van der Waals surface area (Å²) in [5.74, 6) is 2.18. The number of hydrogen-bond acceptors (Lipinski definition) is 5. The number of nitrogens with zero attached hydrogens (tertiary/aromatic N) is 4. The van der Waals surface area contributed by atoms with Crippen molar-refractivity contribution in [2.45, 2.75) is 13.5 Å². The van der Waals surface area contributed by atoms with Crippen molar-refractivity contribution in [1.82, 2.24) is 15.0 Å². The molecular weight excluding hydrogens is 240 g/mol. The van der Waals surface area contributed by atoms with Gasteiger partial charge in [0.05, 0.1) is 6.07 Å². The van der Waals surface area contributed by atoms with Gasteiger partial charge in [0, 0.05) is 32.1 Å². The maximum atomic E-state index is 8.58. The topological polar surface area (TPSA) is 80.6 Å². The summed E-state index contributed by atoms with van der Waals surface area (Å²) in [6, 6.07) is 5.90. The lowest BCUT2D eigenvalue weighted by Crippen LogP contribution is -2.18. The summed E-state index contributed by atoms with van der Waals surface area (Å²) in [6.45, 7) is 2.83. The third-order valence-electron chi connectivity index (χ3n) is 2.65. The Morgan fingerprint density at radius 1 is 1.47 bits per heavy atom. The van der Waals surface area contributed by atoms with Gasteiger partial charge in [0.15, 0.2) is 0 Å². The molecule has 2 heterocycles. The van der Waals surface area contributed by atoms with E-state index in [1.54, 1.807) is 0 Å². The first-order chi connectivity index (χ1) is 9.19. The van der Waals surface area contributed by atoms with E-state index in [1.807, 2.05) is 49.5 Å². The second-order valence-corrected chi connectivity index (χ2v) is 4.25. The van der Waals surface area contributed by atoms with Gasteiger partial charge in [-0.05, 0) is 18.6 Å². The molecule has 0 fully saturated rings. The highest BCUT2D eigenvalue weighted by Gasteiger charge is 2.07. The minimum atomic E-state index is 0.234. The summed E-state index contributed by atoms with van der Waals surface area (Å²) in [5, 5.41) is 11.5. The predicted molar refractivity (Wildman–Crippen MR) is 73.8 cm³/mol.